The predicted molar refractivity (Wildman–Crippen MR) is 83.4 cm³/mol. The molecular formula is C15H15NO6S. The molecule has 122 valence electrons. The lowest BCUT2D eigenvalue weighted by Gasteiger charge is -2.15. The second-order valence-corrected chi connectivity index (χ2v) is 6.32. The van der Waals surface area contributed by atoms with Gasteiger partial charge in [-0.2, -0.15) is 0 Å². The van der Waals surface area contributed by atoms with Crippen molar-refractivity contribution >= 4 is 41.2 Å². The van der Waals surface area contributed by atoms with Crippen LogP contribution in [0.25, 0.3) is 0 Å². The van der Waals surface area contributed by atoms with Crippen molar-refractivity contribution in [3.63, 3.8) is 0 Å². The van der Waals surface area contributed by atoms with Gasteiger partial charge in [0.25, 0.3) is 0 Å². The Kier molecular flexibility index (Phi) is 5.38. The van der Waals surface area contributed by atoms with Crippen LogP contribution in [0.1, 0.15) is 18.4 Å². The van der Waals surface area contributed by atoms with Crippen molar-refractivity contribution in [1.29, 1.82) is 0 Å². The number of imide groups is 1. The average molecular weight is 337 g/mol. The summed E-state index contributed by atoms with van der Waals surface area (Å²) in [4.78, 5) is 46.5. The minimum atomic E-state index is -0.957. The van der Waals surface area contributed by atoms with E-state index in [1.807, 2.05) is 0 Å². The quantitative estimate of drug-likeness (QED) is 0.718. The largest absolute Gasteiger partial charge is 0.481 e. The Balaban J connectivity index is 2.04. The van der Waals surface area contributed by atoms with Crippen LogP contribution < -0.4 is 4.90 Å². The molecule has 7 nitrogen and oxygen atoms in total. The molecule has 2 amide bonds. The maximum Gasteiger partial charge on any atom is 0.307 e. The lowest BCUT2D eigenvalue weighted by molar-refractivity contribution is -0.137. The van der Waals surface area contributed by atoms with E-state index < -0.39 is 17.2 Å². The van der Waals surface area contributed by atoms with Crippen LogP contribution in [0.4, 0.5) is 5.69 Å². The highest BCUT2D eigenvalue weighted by atomic mass is 32.2. The van der Waals surface area contributed by atoms with Crippen molar-refractivity contribution in [2.75, 3.05) is 10.7 Å². The summed E-state index contributed by atoms with van der Waals surface area (Å²) in [5.41, 5.74) is 0.975. The number of hydrogen-bond donors (Lipinski definition) is 2. The zero-order valence-corrected chi connectivity index (χ0v) is 12.9. The van der Waals surface area contributed by atoms with Crippen LogP contribution in [-0.4, -0.2) is 45.0 Å². The maximum atomic E-state index is 12.3. The van der Waals surface area contributed by atoms with Gasteiger partial charge in [0, 0.05) is 12.2 Å². The Hall–Kier alpha value is -2.35. The standard InChI is InChI=1S/C15H15NO6S/c17-12-8-11(23-6-5-13(18)19)15(22)16(12)10-3-1-9(2-4-10)7-14(20)21/h1-4,11H,5-8H2,(H,18,19)(H,20,21). The van der Waals surface area contributed by atoms with E-state index >= 15 is 0 Å². The monoisotopic (exact) mass is 337 g/mol. The molecule has 0 aromatic heterocycles. The van der Waals surface area contributed by atoms with Crippen molar-refractivity contribution in [3.8, 4) is 0 Å². The zero-order valence-electron chi connectivity index (χ0n) is 12.1. The molecule has 23 heavy (non-hydrogen) atoms. The van der Waals surface area contributed by atoms with Crippen molar-refractivity contribution in [1.82, 2.24) is 0 Å². The molecule has 0 spiro atoms. The second kappa shape index (κ2) is 7.28. The minimum Gasteiger partial charge on any atom is -0.481 e. The molecule has 1 fully saturated rings. The minimum absolute atomic E-state index is 0.0417. The van der Waals surface area contributed by atoms with Crippen molar-refractivity contribution in [2.45, 2.75) is 24.5 Å². The molecule has 1 aromatic rings. The topological polar surface area (TPSA) is 112 Å². The number of benzene rings is 1. The van der Waals surface area contributed by atoms with Gasteiger partial charge < -0.3 is 10.2 Å². The van der Waals surface area contributed by atoms with E-state index in [1.165, 1.54) is 0 Å². The van der Waals surface area contributed by atoms with Crippen LogP contribution in [0.2, 0.25) is 0 Å². The fraction of sp³-hybridized carbons (Fsp3) is 0.333. The first kappa shape index (κ1) is 17.0. The Bertz CT molecular complexity index is 642. The fourth-order valence-electron chi connectivity index (χ4n) is 2.23. The van der Waals surface area contributed by atoms with Crippen LogP contribution in [0.5, 0.6) is 0 Å². The maximum absolute atomic E-state index is 12.3. The van der Waals surface area contributed by atoms with Crippen LogP contribution in [-0.2, 0) is 25.6 Å². The van der Waals surface area contributed by atoms with Gasteiger partial charge in [-0.25, -0.2) is 4.90 Å². The molecule has 0 saturated carbocycles. The highest BCUT2D eigenvalue weighted by Crippen LogP contribution is 2.30. The predicted octanol–water partition coefficient (Wildman–Crippen LogP) is 1.15. The first-order valence-corrected chi connectivity index (χ1v) is 7.94. The molecule has 2 rings (SSSR count). The summed E-state index contributed by atoms with van der Waals surface area (Å²) in [6.07, 6.45) is -0.150. The molecule has 1 aliphatic rings. The lowest BCUT2D eigenvalue weighted by atomic mass is 10.1. The summed E-state index contributed by atoms with van der Waals surface area (Å²) in [7, 11) is 0. The molecule has 1 saturated heterocycles. The normalized spacial score (nSPS) is 17.6. The van der Waals surface area contributed by atoms with E-state index in [9.17, 15) is 19.2 Å². The fourth-order valence-corrected chi connectivity index (χ4v) is 3.32. The van der Waals surface area contributed by atoms with Gasteiger partial charge in [-0.1, -0.05) is 12.1 Å². The number of anilines is 1. The van der Waals surface area contributed by atoms with Gasteiger partial charge in [0.15, 0.2) is 0 Å². The average Bonchev–Trinajstić information content (AvgIpc) is 2.74. The lowest BCUT2D eigenvalue weighted by Crippen LogP contribution is -2.31. The zero-order chi connectivity index (χ0) is 17.0. The molecule has 0 aliphatic carbocycles. The second-order valence-electron chi connectivity index (χ2n) is 5.01. The smallest absolute Gasteiger partial charge is 0.307 e. The Morgan fingerprint density at radius 1 is 1.13 bits per heavy atom. The van der Waals surface area contributed by atoms with E-state index in [4.69, 9.17) is 10.2 Å². The van der Waals surface area contributed by atoms with Crippen LogP contribution >= 0.6 is 11.8 Å². The number of nitrogens with zero attached hydrogens (tertiary/aromatic N) is 1. The first-order valence-electron chi connectivity index (χ1n) is 6.89. The third-order valence-electron chi connectivity index (χ3n) is 3.29. The van der Waals surface area contributed by atoms with Gasteiger partial charge in [0.2, 0.25) is 11.8 Å². The van der Waals surface area contributed by atoms with E-state index in [1.54, 1.807) is 24.3 Å². The summed E-state index contributed by atoms with van der Waals surface area (Å²) in [5, 5.41) is 16.8. The molecule has 1 atom stereocenters. The van der Waals surface area contributed by atoms with E-state index in [-0.39, 0.29) is 36.8 Å². The third-order valence-corrected chi connectivity index (χ3v) is 4.50. The summed E-state index contributed by atoms with van der Waals surface area (Å²) in [6.45, 7) is 0. The highest BCUT2D eigenvalue weighted by Gasteiger charge is 2.39. The third kappa shape index (κ3) is 4.32. The van der Waals surface area contributed by atoms with Gasteiger partial charge in [-0.3, -0.25) is 19.2 Å². The van der Waals surface area contributed by atoms with Crippen LogP contribution in [0.3, 0.4) is 0 Å². The summed E-state index contributed by atoms with van der Waals surface area (Å²) < 4.78 is 0. The van der Waals surface area contributed by atoms with Crippen molar-refractivity contribution in [3.05, 3.63) is 29.8 Å². The SMILES string of the molecule is O=C(O)CCSC1CC(=O)N(c2ccc(CC(=O)O)cc2)C1=O. The number of amides is 2. The molecule has 0 bridgehead atoms. The van der Waals surface area contributed by atoms with Crippen molar-refractivity contribution in [2.24, 2.45) is 0 Å². The van der Waals surface area contributed by atoms with E-state index in [2.05, 4.69) is 0 Å². The van der Waals surface area contributed by atoms with Gasteiger partial charge in [0.1, 0.15) is 0 Å². The number of carboxylic acid groups (broad SMARTS) is 2. The number of carboxylic acids is 2. The van der Waals surface area contributed by atoms with Crippen molar-refractivity contribution < 1.29 is 29.4 Å². The number of rotatable bonds is 7. The molecule has 8 heteroatoms. The summed E-state index contributed by atoms with van der Waals surface area (Å²) in [6, 6.07) is 6.21. The van der Waals surface area contributed by atoms with Gasteiger partial charge in [0.05, 0.1) is 23.8 Å². The molecule has 2 N–H and O–H groups in total. The molecule has 1 heterocycles. The number of carbonyl (C=O) groups excluding carboxylic acids is 2. The summed E-state index contributed by atoms with van der Waals surface area (Å²) >= 11 is 1.16. The molecule has 0 radical (unpaired) electrons. The Morgan fingerprint density at radius 2 is 1.78 bits per heavy atom. The first-order chi connectivity index (χ1) is 10.9. The van der Waals surface area contributed by atoms with Gasteiger partial charge in [-0.15, -0.1) is 11.8 Å². The molecule has 1 aromatic carbocycles. The number of aliphatic carboxylic acids is 2. The number of carbonyl (C=O) groups is 4. The van der Waals surface area contributed by atoms with Crippen LogP contribution in [0, 0.1) is 0 Å². The molecule has 1 aliphatic heterocycles. The van der Waals surface area contributed by atoms with Gasteiger partial charge >= 0.3 is 11.9 Å². The van der Waals surface area contributed by atoms with E-state index in [0.717, 1.165) is 16.7 Å². The van der Waals surface area contributed by atoms with Crippen LogP contribution in [0.15, 0.2) is 24.3 Å². The Morgan fingerprint density at radius 3 is 2.35 bits per heavy atom. The van der Waals surface area contributed by atoms with E-state index in [0.29, 0.717) is 11.3 Å². The van der Waals surface area contributed by atoms with Gasteiger partial charge in [-0.05, 0) is 17.7 Å². The molecule has 1 unspecified atom stereocenters. The Labute approximate surface area is 136 Å². The number of hydrogen-bond acceptors (Lipinski definition) is 5. The summed E-state index contributed by atoms with van der Waals surface area (Å²) in [5.74, 6) is -2.34. The highest BCUT2D eigenvalue weighted by molar-refractivity contribution is 8.00. The molecular weight excluding hydrogens is 322 g/mol. The number of thioether (sulfide) groups is 1.